The number of nitrogens with two attached hydrogens (primary N) is 1. The number of halogens is 2. The number of hydrogen-bond acceptors (Lipinski definition) is 2. The van der Waals surface area contributed by atoms with Gasteiger partial charge >= 0.3 is 0 Å². The predicted octanol–water partition coefficient (Wildman–Crippen LogP) is 7.75. The Kier molecular flexibility index (Phi) is 7.79. The molecule has 0 bridgehead atoms. The number of rotatable bonds is 7. The summed E-state index contributed by atoms with van der Waals surface area (Å²) in [5.41, 5.74) is 17.1. The van der Waals surface area contributed by atoms with Crippen molar-refractivity contribution in [3.63, 3.8) is 0 Å². The van der Waals surface area contributed by atoms with Crippen LogP contribution in [-0.4, -0.2) is 31.2 Å². The third-order valence-corrected chi connectivity index (χ3v) is 8.08. The number of anilines is 1. The molecule has 2 N–H and O–H groups in total. The number of hydrogen-bond donors (Lipinski definition) is 1. The molecular formula is C32H36ClFN2. The van der Waals surface area contributed by atoms with Crippen LogP contribution < -0.4 is 5.73 Å². The van der Waals surface area contributed by atoms with E-state index in [1.54, 1.807) is 0 Å². The lowest BCUT2D eigenvalue weighted by atomic mass is 9.86. The lowest BCUT2D eigenvalue weighted by Crippen LogP contribution is -2.22. The van der Waals surface area contributed by atoms with Gasteiger partial charge in [-0.05, 0) is 121 Å². The molecule has 1 aliphatic carbocycles. The van der Waals surface area contributed by atoms with Gasteiger partial charge in [0, 0.05) is 23.8 Å². The quantitative estimate of drug-likeness (QED) is 0.334. The van der Waals surface area contributed by atoms with Gasteiger partial charge in [-0.1, -0.05) is 54.1 Å². The van der Waals surface area contributed by atoms with Crippen LogP contribution in [-0.2, 0) is 12.8 Å². The van der Waals surface area contributed by atoms with E-state index in [2.05, 4.69) is 66.4 Å². The van der Waals surface area contributed by atoms with Crippen LogP contribution >= 0.6 is 11.6 Å². The Morgan fingerprint density at radius 3 is 2.58 bits per heavy atom. The summed E-state index contributed by atoms with van der Waals surface area (Å²) in [6, 6.07) is 21.9. The molecule has 1 saturated heterocycles. The van der Waals surface area contributed by atoms with Crippen molar-refractivity contribution >= 4 is 28.4 Å². The largest absolute Gasteiger partial charge is 0.399 e. The summed E-state index contributed by atoms with van der Waals surface area (Å²) in [5, 5.41) is 0.816. The molecule has 0 radical (unpaired) electrons. The smallest absolute Gasteiger partial charge is 0.0906 e. The number of fused-ring (bicyclic) bond motifs is 1. The average molecular weight is 503 g/mol. The molecule has 0 unspecified atom stereocenters. The van der Waals surface area contributed by atoms with Gasteiger partial charge in [0.25, 0.3) is 0 Å². The van der Waals surface area contributed by atoms with Crippen LogP contribution in [0.15, 0.2) is 60.7 Å². The third kappa shape index (κ3) is 5.53. The highest BCUT2D eigenvalue weighted by Crippen LogP contribution is 2.42. The minimum atomic E-state index is -0.218. The summed E-state index contributed by atoms with van der Waals surface area (Å²) in [6.45, 7) is 4.92. The second-order valence-corrected chi connectivity index (χ2v) is 10.9. The molecule has 2 aliphatic rings. The number of aryl methyl sites for hydroxylation is 2. The zero-order valence-corrected chi connectivity index (χ0v) is 22.0. The van der Waals surface area contributed by atoms with Crippen molar-refractivity contribution < 1.29 is 4.39 Å². The summed E-state index contributed by atoms with van der Waals surface area (Å²) in [5.74, 6) is 0.651. The van der Waals surface area contributed by atoms with E-state index in [0.717, 1.165) is 61.6 Å². The van der Waals surface area contributed by atoms with E-state index in [0.29, 0.717) is 12.3 Å². The van der Waals surface area contributed by atoms with E-state index >= 15 is 0 Å². The Morgan fingerprint density at radius 1 is 1.00 bits per heavy atom. The number of likely N-dealkylation sites (tertiary alicyclic amines) is 1. The lowest BCUT2D eigenvalue weighted by Gasteiger charge is -2.19. The van der Waals surface area contributed by atoms with Gasteiger partial charge in [-0.25, -0.2) is 0 Å². The Morgan fingerprint density at radius 2 is 1.81 bits per heavy atom. The standard InChI is InChI=1S/C32H36ClFN2/c1-22-6-12-29(31(33)18-22)30-5-2-4-26-20-27(35)11-13-28(26)32(30)25-9-7-23(8-10-25)19-24-14-17-36(21-24)16-3-15-34/h6-13,18,20,24H,2-5,14-17,19,21,35H2,1H3/t24-/m1/s1. The molecule has 0 aromatic heterocycles. The van der Waals surface area contributed by atoms with Crippen LogP contribution in [0.25, 0.3) is 11.1 Å². The fourth-order valence-electron chi connectivity index (χ4n) is 5.98. The maximum atomic E-state index is 12.6. The van der Waals surface area contributed by atoms with E-state index < -0.39 is 0 Å². The Bertz CT molecular complexity index is 1250. The summed E-state index contributed by atoms with van der Waals surface area (Å²) in [4.78, 5) is 2.41. The molecule has 3 aromatic carbocycles. The molecule has 188 valence electrons. The maximum Gasteiger partial charge on any atom is 0.0906 e. The van der Waals surface area contributed by atoms with E-state index in [9.17, 15) is 4.39 Å². The van der Waals surface area contributed by atoms with Gasteiger partial charge in [0.2, 0.25) is 0 Å². The summed E-state index contributed by atoms with van der Waals surface area (Å²) >= 11 is 6.81. The zero-order chi connectivity index (χ0) is 25.1. The molecule has 5 rings (SSSR count). The molecule has 0 spiro atoms. The number of nitrogen functional groups attached to an aromatic ring is 1. The highest BCUT2D eigenvalue weighted by atomic mass is 35.5. The molecule has 1 heterocycles. The second-order valence-electron chi connectivity index (χ2n) is 10.5. The minimum absolute atomic E-state index is 0.218. The Hall–Kier alpha value is -2.62. The monoisotopic (exact) mass is 502 g/mol. The lowest BCUT2D eigenvalue weighted by molar-refractivity contribution is 0.301. The van der Waals surface area contributed by atoms with Crippen molar-refractivity contribution in [2.45, 2.75) is 45.4 Å². The first-order valence-corrected chi connectivity index (χ1v) is 13.7. The van der Waals surface area contributed by atoms with E-state index in [-0.39, 0.29) is 6.67 Å². The topological polar surface area (TPSA) is 29.3 Å². The van der Waals surface area contributed by atoms with E-state index in [4.69, 9.17) is 17.3 Å². The molecule has 0 saturated carbocycles. The molecule has 1 fully saturated rings. The van der Waals surface area contributed by atoms with Crippen LogP contribution in [0, 0.1) is 12.8 Å². The van der Waals surface area contributed by atoms with Gasteiger partial charge in [0.05, 0.1) is 6.67 Å². The molecular weight excluding hydrogens is 467 g/mol. The fourth-order valence-corrected chi connectivity index (χ4v) is 6.33. The second kappa shape index (κ2) is 11.2. The molecule has 2 nitrogen and oxygen atoms in total. The van der Waals surface area contributed by atoms with Gasteiger partial charge < -0.3 is 10.6 Å². The van der Waals surface area contributed by atoms with Crippen molar-refractivity contribution in [3.8, 4) is 0 Å². The summed E-state index contributed by atoms with van der Waals surface area (Å²) < 4.78 is 12.6. The number of alkyl halides is 1. The predicted molar refractivity (Wildman–Crippen MR) is 151 cm³/mol. The van der Waals surface area contributed by atoms with Gasteiger partial charge in [-0.2, -0.15) is 0 Å². The number of allylic oxidation sites excluding steroid dienone is 1. The third-order valence-electron chi connectivity index (χ3n) is 7.77. The van der Waals surface area contributed by atoms with Crippen molar-refractivity contribution in [2.24, 2.45) is 5.92 Å². The summed E-state index contributed by atoms with van der Waals surface area (Å²) in [6.07, 6.45) is 5.98. The van der Waals surface area contributed by atoms with Crippen LogP contribution in [0.5, 0.6) is 0 Å². The van der Waals surface area contributed by atoms with Crippen LogP contribution in [0.3, 0.4) is 0 Å². The number of nitrogens with zero attached hydrogens (tertiary/aromatic N) is 1. The van der Waals surface area contributed by atoms with Crippen molar-refractivity contribution in [2.75, 3.05) is 32.0 Å². The fraction of sp³-hybridized carbons (Fsp3) is 0.375. The molecule has 0 amide bonds. The maximum absolute atomic E-state index is 12.6. The van der Waals surface area contributed by atoms with Gasteiger partial charge in [0.1, 0.15) is 0 Å². The van der Waals surface area contributed by atoms with Crippen LogP contribution in [0.1, 0.15) is 59.1 Å². The van der Waals surface area contributed by atoms with E-state index in [1.165, 1.54) is 45.4 Å². The molecule has 1 atom stereocenters. The molecule has 3 aromatic rings. The zero-order valence-electron chi connectivity index (χ0n) is 21.2. The van der Waals surface area contributed by atoms with Gasteiger partial charge in [-0.3, -0.25) is 4.39 Å². The van der Waals surface area contributed by atoms with Crippen molar-refractivity contribution in [3.05, 3.63) is 99.1 Å². The Balaban J connectivity index is 1.49. The number of benzene rings is 3. The minimum Gasteiger partial charge on any atom is -0.399 e. The van der Waals surface area contributed by atoms with Crippen LogP contribution in [0.2, 0.25) is 5.02 Å². The molecule has 36 heavy (non-hydrogen) atoms. The first kappa shape index (κ1) is 25.0. The molecule has 1 aliphatic heterocycles. The summed E-state index contributed by atoms with van der Waals surface area (Å²) in [7, 11) is 0. The van der Waals surface area contributed by atoms with Gasteiger partial charge in [0.15, 0.2) is 0 Å². The first-order chi connectivity index (χ1) is 17.5. The normalized spacial score (nSPS) is 18.4. The van der Waals surface area contributed by atoms with Crippen molar-refractivity contribution in [1.29, 1.82) is 0 Å². The Labute approximate surface area is 220 Å². The van der Waals surface area contributed by atoms with Crippen LogP contribution in [0.4, 0.5) is 10.1 Å². The highest BCUT2D eigenvalue weighted by molar-refractivity contribution is 6.32. The highest BCUT2D eigenvalue weighted by Gasteiger charge is 2.24. The molecule has 4 heteroatoms. The van der Waals surface area contributed by atoms with Gasteiger partial charge in [-0.15, -0.1) is 0 Å². The van der Waals surface area contributed by atoms with Crippen molar-refractivity contribution in [1.82, 2.24) is 4.90 Å². The van der Waals surface area contributed by atoms with E-state index in [1.807, 2.05) is 6.07 Å². The SMILES string of the molecule is Cc1ccc(C2=C(c3ccc(C[C@H]4CCN(CCCF)C4)cc3)c3ccc(N)cc3CCC2)c(Cl)c1. The first-order valence-electron chi connectivity index (χ1n) is 13.3. The average Bonchev–Trinajstić information content (AvgIpc) is 3.22.